The fourth-order valence-electron chi connectivity index (χ4n) is 1.75. The summed E-state index contributed by atoms with van der Waals surface area (Å²) in [5.41, 5.74) is 3.78. The number of halogens is 2. The molecule has 5 nitrogen and oxygen atoms in total. The summed E-state index contributed by atoms with van der Waals surface area (Å²) in [4.78, 5) is 16.0. The highest BCUT2D eigenvalue weighted by molar-refractivity contribution is 9.10. The number of hydrogen-bond donors (Lipinski definition) is 2. The molecule has 0 spiro atoms. The third kappa shape index (κ3) is 2.65. The molecule has 0 saturated heterocycles. The molecule has 2 rings (SSSR count). The Morgan fingerprint density at radius 1 is 1.58 bits per heavy atom. The van der Waals surface area contributed by atoms with Gasteiger partial charge in [-0.3, -0.25) is 10.8 Å². The maximum absolute atomic E-state index is 11.8. The molecule has 0 amide bonds. The molecule has 19 heavy (non-hydrogen) atoms. The van der Waals surface area contributed by atoms with Crippen molar-refractivity contribution in [2.24, 2.45) is 5.84 Å². The number of benzene rings is 1. The van der Waals surface area contributed by atoms with Crippen LogP contribution in [0, 0.1) is 0 Å². The molecular formula is C12H11BrClN3O2. The number of nitrogen functional groups attached to an aromatic ring is 1. The third-order valence-corrected chi connectivity index (χ3v) is 3.28. The lowest BCUT2D eigenvalue weighted by molar-refractivity contribution is 0.0527. The summed E-state index contributed by atoms with van der Waals surface area (Å²) < 4.78 is 5.73. The van der Waals surface area contributed by atoms with Crippen LogP contribution in [0.15, 0.2) is 22.8 Å². The zero-order chi connectivity index (χ0) is 14.0. The first kappa shape index (κ1) is 14.0. The first-order valence-electron chi connectivity index (χ1n) is 5.50. The van der Waals surface area contributed by atoms with E-state index in [0.29, 0.717) is 21.6 Å². The predicted molar refractivity (Wildman–Crippen MR) is 78.2 cm³/mol. The van der Waals surface area contributed by atoms with E-state index in [0.717, 1.165) is 4.47 Å². The second kappa shape index (κ2) is 5.73. The molecule has 0 radical (unpaired) electrons. The van der Waals surface area contributed by atoms with Gasteiger partial charge in [0.25, 0.3) is 0 Å². The van der Waals surface area contributed by atoms with Crippen molar-refractivity contribution in [1.29, 1.82) is 0 Å². The summed E-state index contributed by atoms with van der Waals surface area (Å²) in [6.45, 7) is 2.01. The monoisotopic (exact) mass is 343 g/mol. The molecule has 0 bridgehead atoms. The number of esters is 1. The van der Waals surface area contributed by atoms with Gasteiger partial charge in [-0.1, -0.05) is 27.5 Å². The van der Waals surface area contributed by atoms with Gasteiger partial charge in [-0.05, 0) is 19.1 Å². The minimum atomic E-state index is -0.485. The van der Waals surface area contributed by atoms with Crippen molar-refractivity contribution in [1.82, 2.24) is 4.98 Å². The fraction of sp³-hybridized carbons (Fsp3) is 0.167. The number of nitrogens with one attached hydrogen (secondary N) is 1. The Balaban J connectivity index is 2.72. The van der Waals surface area contributed by atoms with Crippen molar-refractivity contribution in [3.63, 3.8) is 0 Å². The number of aromatic nitrogens is 1. The van der Waals surface area contributed by atoms with Crippen LogP contribution < -0.4 is 11.3 Å². The predicted octanol–water partition coefficient (Wildman–Crippen LogP) is 3.11. The van der Waals surface area contributed by atoms with Gasteiger partial charge in [0.1, 0.15) is 5.56 Å². The number of carbonyl (C=O) groups is 1. The molecule has 0 atom stereocenters. The van der Waals surface area contributed by atoms with Gasteiger partial charge < -0.3 is 10.2 Å². The van der Waals surface area contributed by atoms with Gasteiger partial charge in [-0.15, -0.1) is 0 Å². The molecule has 100 valence electrons. The van der Waals surface area contributed by atoms with Crippen LogP contribution in [0.5, 0.6) is 0 Å². The van der Waals surface area contributed by atoms with Gasteiger partial charge in [0.15, 0.2) is 0 Å². The maximum atomic E-state index is 11.8. The largest absolute Gasteiger partial charge is 0.462 e. The average Bonchev–Trinajstić information content (AvgIpc) is 2.37. The molecule has 0 aliphatic heterocycles. The average molecular weight is 345 g/mol. The number of nitrogens with two attached hydrogens (primary N) is 1. The zero-order valence-electron chi connectivity index (χ0n) is 10.0. The molecule has 3 N–H and O–H groups in total. The molecule has 2 aromatic rings. The van der Waals surface area contributed by atoms with Crippen molar-refractivity contribution < 1.29 is 9.53 Å². The van der Waals surface area contributed by atoms with E-state index >= 15 is 0 Å². The van der Waals surface area contributed by atoms with Crippen LogP contribution in [-0.4, -0.2) is 17.6 Å². The van der Waals surface area contributed by atoms with Crippen LogP contribution in [0.2, 0.25) is 5.02 Å². The number of nitrogens with zero attached hydrogens (tertiary/aromatic N) is 1. The van der Waals surface area contributed by atoms with E-state index in [1.54, 1.807) is 19.1 Å². The van der Waals surface area contributed by atoms with Gasteiger partial charge in [-0.25, -0.2) is 4.79 Å². The third-order valence-electron chi connectivity index (χ3n) is 2.53. The first-order chi connectivity index (χ1) is 9.08. The Morgan fingerprint density at radius 2 is 2.32 bits per heavy atom. The number of hydrogen-bond acceptors (Lipinski definition) is 5. The lowest BCUT2D eigenvalue weighted by Gasteiger charge is -2.12. The standard InChI is InChI=1S/C12H11BrClN3O2/c1-2-19-12(18)8-5-16-11-7(10(8)17-15)3-6(13)4-9(11)14/h3-5H,2,15H2,1H3,(H,16,17). The van der Waals surface area contributed by atoms with Gasteiger partial charge in [0, 0.05) is 16.1 Å². The zero-order valence-corrected chi connectivity index (χ0v) is 12.4. The lowest BCUT2D eigenvalue weighted by Crippen LogP contribution is -2.15. The quantitative estimate of drug-likeness (QED) is 0.508. The first-order valence-corrected chi connectivity index (χ1v) is 6.67. The van der Waals surface area contributed by atoms with Crippen molar-refractivity contribution >= 4 is 50.1 Å². The number of carbonyl (C=O) groups excluding carboxylic acids is 1. The van der Waals surface area contributed by atoms with E-state index in [1.165, 1.54) is 6.20 Å². The van der Waals surface area contributed by atoms with Crippen LogP contribution in [0.1, 0.15) is 17.3 Å². The second-order valence-electron chi connectivity index (χ2n) is 3.70. The number of rotatable bonds is 3. The van der Waals surface area contributed by atoms with Crippen LogP contribution in [0.25, 0.3) is 10.9 Å². The van der Waals surface area contributed by atoms with Gasteiger partial charge >= 0.3 is 5.97 Å². The highest BCUT2D eigenvalue weighted by Gasteiger charge is 2.17. The molecule has 7 heteroatoms. The van der Waals surface area contributed by atoms with Crippen molar-refractivity contribution in [2.45, 2.75) is 6.92 Å². The molecule has 0 fully saturated rings. The van der Waals surface area contributed by atoms with E-state index in [4.69, 9.17) is 22.2 Å². The smallest absolute Gasteiger partial charge is 0.341 e. The normalized spacial score (nSPS) is 10.5. The van der Waals surface area contributed by atoms with E-state index < -0.39 is 5.97 Å². The van der Waals surface area contributed by atoms with Gasteiger partial charge in [0.05, 0.1) is 22.8 Å². The molecule has 0 unspecified atom stereocenters. The molecule has 0 saturated carbocycles. The molecular weight excluding hydrogens is 334 g/mol. The fourth-order valence-corrected chi connectivity index (χ4v) is 2.60. The Morgan fingerprint density at radius 3 is 2.95 bits per heavy atom. The minimum Gasteiger partial charge on any atom is -0.462 e. The molecule has 0 aliphatic carbocycles. The molecule has 1 aromatic carbocycles. The highest BCUT2D eigenvalue weighted by atomic mass is 79.9. The lowest BCUT2D eigenvalue weighted by atomic mass is 10.1. The van der Waals surface area contributed by atoms with Crippen LogP contribution in [0.3, 0.4) is 0 Å². The van der Waals surface area contributed by atoms with E-state index in [9.17, 15) is 4.79 Å². The summed E-state index contributed by atoms with van der Waals surface area (Å²) >= 11 is 9.45. The molecule has 1 aromatic heterocycles. The second-order valence-corrected chi connectivity index (χ2v) is 5.02. The number of ether oxygens (including phenoxy) is 1. The molecule has 0 aliphatic rings. The summed E-state index contributed by atoms with van der Waals surface area (Å²) in [5.74, 6) is 5.02. The summed E-state index contributed by atoms with van der Waals surface area (Å²) in [7, 11) is 0. The van der Waals surface area contributed by atoms with Crippen molar-refractivity contribution in [2.75, 3.05) is 12.0 Å². The van der Waals surface area contributed by atoms with Crippen molar-refractivity contribution in [3.05, 3.63) is 33.4 Å². The van der Waals surface area contributed by atoms with Crippen molar-refractivity contribution in [3.8, 4) is 0 Å². The molecule has 1 heterocycles. The highest BCUT2D eigenvalue weighted by Crippen LogP contribution is 2.33. The summed E-state index contributed by atoms with van der Waals surface area (Å²) in [6, 6.07) is 3.51. The summed E-state index contributed by atoms with van der Waals surface area (Å²) in [5, 5.41) is 1.11. The Hall–Kier alpha value is -1.37. The summed E-state index contributed by atoms with van der Waals surface area (Å²) in [6.07, 6.45) is 1.40. The Labute approximate surface area is 123 Å². The van der Waals surface area contributed by atoms with E-state index in [-0.39, 0.29) is 12.2 Å². The number of hydrazine groups is 1. The number of anilines is 1. The van der Waals surface area contributed by atoms with Crippen LogP contribution in [-0.2, 0) is 4.74 Å². The van der Waals surface area contributed by atoms with Crippen LogP contribution >= 0.6 is 27.5 Å². The topological polar surface area (TPSA) is 77.2 Å². The van der Waals surface area contributed by atoms with Crippen LogP contribution in [0.4, 0.5) is 5.69 Å². The van der Waals surface area contributed by atoms with Gasteiger partial charge in [-0.2, -0.15) is 0 Å². The SMILES string of the molecule is CCOC(=O)c1cnc2c(Cl)cc(Br)cc2c1NN. The minimum absolute atomic E-state index is 0.269. The Kier molecular flexibility index (Phi) is 4.24. The van der Waals surface area contributed by atoms with Gasteiger partial charge in [0.2, 0.25) is 0 Å². The number of pyridine rings is 1. The maximum Gasteiger partial charge on any atom is 0.341 e. The Bertz CT molecular complexity index is 648. The number of fused-ring (bicyclic) bond motifs is 1. The van der Waals surface area contributed by atoms with E-state index in [2.05, 4.69) is 26.3 Å². The van der Waals surface area contributed by atoms with E-state index in [1.807, 2.05) is 0 Å².